The maximum absolute atomic E-state index is 13.1. The molecule has 0 spiro atoms. The molecule has 0 saturated carbocycles. The third kappa shape index (κ3) is 4.03. The van der Waals surface area contributed by atoms with Gasteiger partial charge in [0.15, 0.2) is 9.84 Å². The molecule has 0 aliphatic rings. The van der Waals surface area contributed by atoms with Crippen LogP contribution in [0.2, 0.25) is 0 Å². The van der Waals surface area contributed by atoms with Gasteiger partial charge in [-0.15, -0.1) is 0 Å². The van der Waals surface area contributed by atoms with Crippen molar-refractivity contribution in [3.63, 3.8) is 0 Å². The molecule has 112 valence electrons. The summed E-state index contributed by atoms with van der Waals surface area (Å²) < 4.78 is 42.7. The minimum Gasteiger partial charge on any atom is -0.492 e. The summed E-state index contributed by atoms with van der Waals surface area (Å²) in [6.45, 7) is 0.294. The Morgan fingerprint density at radius 2 is 1.86 bits per heavy atom. The molecule has 0 aromatic heterocycles. The van der Waals surface area contributed by atoms with E-state index in [1.807, 2.05) is 12.1 Å². The molecule has 2 aromatic rings. The molecule has 0 aliphatic heterocycles. The number of ether oxygens (including phenoxy) is 1. The Morgan fingerprint density at radius 1 is 1.10 bits per heavy atom. The van der Waals surface area contributed by atoms with Crippen LogP contribution in [0, 0.1) is 5.82 Å². The van der Waals surface area contributed by atoms with E-state index in [2.05, 4.69) is 0 Å². The normalized spacial score (nSPS) is 11.3. The first kappa shape index (κ1) is 15.5. The fourth-order valence-corrected chi connectivity index (χ4v) is 2.97. The zero-order chi connectivity index (χ0) is 15.3. The molecule has 0 radical (unpaired) electrons. The lowest BCUT2D eigenvalue weighted by Gasteiger charge is -2.10. The minimum atomic E-state index is -3.57. The molecule has 2 N–H and O–H groups in total. The molecule has 2 aromatic carbocycles. The van der Waals surface area contributed by atoms with E-state index in [1.165, 1.54) is 18.2 Å². The van der Waals surface area contributed by atoms with Crippen LogP contribution in [0.1, 0.15) is 5.56 Å². The van der Waals surface area contributed by atoms with Crippen molar-refractivity contribution in [3.8, 4) is 5.75 Å². The van der Waals surface area contributed by atoms with E-state index < -0.39 is 15.7 Å². The zero-order valence-electron chi connectivity index (χ0n) is 11.3. The molecule has 0 saturated heterocycles. The summed E-state index contributed by atoms with van der Waals surface area (Å²) >= 11 is 0. The van der Waals surface area contributed by atoms with Gasteiger partial charge < -0.3 is 10.5 Å². The summed E-state index contributed by atoms with van der Waals surface area (Å²) in [6, 6.07) is 12.1. The summed E-state index contributed by atoms with van der Waals surface area (Å²) in [5.74, 6) is -0.241. The Hall–Kier alpha value is -1.92. The average molecular weight is 309 g/mol. The summed E-state index contributed by atoms with van der Waals surface area (Å²) in [4.78, 5) is -0.0433. The molecule has 0 bridgehead atoms. The number of hydrogen-bond acceptors (Lipinski definition) is 4. The number of halogens is 1. The monoisotopic (exact) mass is 309 g/mol. The first-order valence-electron chi connectivity index (χ1n) is 6.42. The van der Waals surface area contributed by atoms with E-state index >= 15 is 0 Å². The van der Waals surface area contributed by atoms with E-state index in [0.717, 1.165) is 11.6 Å². The Kier molecular flexibility index (Phi) is 4.93. The van der Waals surface area contributed by atoms with Crippen LogP contribution in [0.25, 0.3) is 0 Å². The standard InChI is InChI=1S/C15H16FNO3S/c16-13-5-3-6-14(10-13)21(18,19)9-8-20-15-7-2-1-4-12(15)11-17/h1-7,10H,8-9,11,17H2. The van der Waals surface area contributed by atoms with Crippen molar-refractivity contribution in [3.05, 3.63) is 59.9 Å². The summed E-state index contributed by atoms with van der Waals surface area (Å²) in [5, 5.41) is 0. The van der Waals surface area contributed by atoms with Gasteiger partial charge in [-0.2, -0.15) is 0 Å². The van der Waals surface area contributed by atoms with Crippen molar-refractivity contribution in [2.45, 2.75) is 11.4 Å². The predicted molar refractivity (Wildman–Crippen MR) is 78.3 cm³/mol. The Bertz CT molecular complexity index is 716. The molecular formula is C15H16FNO3S. The fourth-order valence-electron chi connectivity index (χ4n) is 1.85. The number of sulfone groups is 1. The molecule has 0 fully saturated rings. The first-order valence-corrected chi connectivity index (χ1v) is 8.07. The molecule has 0 atom stereocenters. The topological polar surface area (TPSA) is 69.4 Å². The number of hydrogen-bond donors (Lipinski definition) is 1. The summed E-state index contributed by atoms with van der Waals surface area (Å²) in [6.07, 6.45) is 0. The van der Waals surface area contributed by atoms with Crippen LogP contribution in [0.15, 0.2) is 53.4 Å². The summed E-state index contributed by atoms with van der Waals surface area (Å²) in [7, 11) is -3.57. The fraction of sp³-hybridized carbons (Fsp3) is 0.200. The maximum atomic E-state index is 13.1. The van der Waals surface area contributed by atoms with Crippen LogP contribution in [-0.2, 0) is 16.4 Å². The van der Waals surface area contributed by atoms with Gasteiger partial charge in [-0.1, -0.05) is 24.3 Å². The van der Waals surface area contributed by atoms with Gasteiger partial charge in [-0.25, -0.2) is 12.8 Å². The lowest BCUT2D eigenvalue weighted by Crippen LogP contribution is -2.15. The number of rotatable bonds is 6. The Morgan fingerprint density at radius 3 is 2.57 bits per heavy atom. The number of benzene rings is 2. The van der Waals surface area contributed by atoms with Crippen LogP contribution < -0.4 is 10.5 Å². The highest BCUT2D eigenvalue weighted by Crippen LogP contribution is 2.18. The van der Waals surface area contributed by atoms with Gasteiger partial charge >= 0.3 is 0 Å². The van der Waals surface area contributed by atoms with Crippen LogP contribution >= 0.6 is 0 Å². The quantitative estimate of drug-likeness (QED) is 0.887. The lowest BCUT2D eigenvalue weighted by atomic mass is 10.2. The van der Waals surface area contributed by atoms with Gasteiger partial charge in [-0.3, -0.25) is 0 Å². The summed E-state index contributed by atoms with van der Waals surface area (Å²) in [5.41, 5.74) is 6.38. The maximum Gasteiger partial charge on any atom is 0.181 e. The minimum absolute atomic E-state index is 0.0180. The van der Waals surface area contributed by atoms with Crippen LogP contribution in [0.3, 0.4) is 0 Å². The number of para-hydroxylation sites is 1. The molecule has 0 amide bonds. The highest BCUT2D eigenvalue weighted by atomic mass is 32.2. The van der Waals surface area contributed by atoms with Crippen LogP contribution in [0.5, 0.6) is 5.75 Å². The third-order valence-electron chi connectivity index (χ3n) is 2.96. The molecule has 4 nitrogen and oxygen atoms in total. The second kappa shape index (κ2) is 6.69. The predicted octanol–water partition coefficient (Wildman–Crippen LogP) is 2.14. The number of nitrogens with two attached hydrogens (primary N) is 1. The van der Waals surface area contributed by atoms with Crippen molar-refractivity contribution in [1.29, 1.82) is 0 Å². The van der Waals surface area contributed by atoms with Gasteiger partial charge in [0.1, 0.15) is 18.2 Å². The van der Waals surface area contributed by atoms with E-state index in [4.69, 9.17) is 10.5 Å². The molecule has 0 heterocycles. The van der Waals surface area contributed by atoms with E-state index in [-0.39, 0.29) is 17.3 Å². The third-order valence-corrected chi connectivity index (χ3v) is 4.63. The molecular weight excluding hydrogens is 293 g/mol. The van der Waals surface area contributed by atoms with Gasteiger partial charge in [0, 0.05) is 12.1 Å². The second-order valence-electron chi connectivity index (χ2n) is 4.44. The van der Waals surface area contributed by atoms with Crippen LogP contribution in [0.4, 0.5) is 4.39 Å². The molecule has 0 aliphatic carbocycles. The van der Waals surface area contributed by atoms with Gasteiger partial charge in [-0.05, 0) is 24.3 Å². The largest absolute Gasteiger partial charge is 0.492 e. The molecule has 21 heavy (non-hydrogen) atoms. The molecule has 6 heteroatoms. The SMILES string of the molecule is NCc1ccccc1OCCS(=O)(=O)c1cccc(F)c1. The average Bonchev–Trinajstić information content (AvgIpc) is 2.47. The van der Waals surface area contributed by atoms with E-state index in [0.29, 0.717) is 12.3 Å². The molecule has 0 unspecified atom stereocenters. The Balaban J connectivity index is 2.03. The smallest absolute Gasteiger partial charge is 0.181 e. The zero-order valence-corrected chi connectivity index (χ0v) is 12.1. The van der Waals surface area contributed by atoms with Gasteiger partial charge in [0.25, 0.3) is 0 Å². The molecule has 2 rings (SSSR count). The van der Waals surface area contributed by atoms with E-state index in [9.17, 15) is 12.8 Å². The first-order chi connectivity index (χ1) is 10.0. The highest BCUT2D eigenvalue weighted by Gasteiger charge is 2.15. The van der Waals surface area contributed by atoms with Crippen molar-refractivity contribution in [2.75, 3.05) is 12.4 Å². The van der Waals surface area contributed by atoms with E-state index in [1.54, 1.807) is 12.1 Å². The van der Waals surface area contributed by atoms with Crippen molar-refractivity contribution >= 4 is 9.84 Å². The van der Waals surface area contributed by atoms with Crippen molar-refractivity contribution < 1.29 is 17.5 Å². The lowest BCUT2D eigenvalue weighted by molar-refractivity contribution is 0.337. The van der Waals surface area contributed by atoms with Gasteiger partial charge in [0.2, 0.25) is 0 Å². The van der Waals surface area contributed by atoms with Crippen molar-refractivity contribution in [2.24, 2.45) is 5.73 Å². The highest BCUT2D eigenvalue weighted by molar-refractivity contribution is 7.91. The Labute approximate surface area is 123 Å². The second-order valence-corrected chi connectivity index (χ2v) is 6.55. The van der Waals surface area contributed by atoms with Crippen LogP contribution in [-0.4, -0.2) is 20.8 Å². The van der Waals surface area contributed by atoms with Gasteiger partial charge in [0.05, 0.1) is 10.6 Å². The van der Waals surface area contributed by atoms with Crippen molar-refractivity contribution in [1.82, 2.24) is 0 Å².